The fourth-order valence-corrected chi connectivity index (χ4v) is 2.18. The maximum Gasteiger partial charge on any atom is 0.0794 e. The van der Waals surface area contributed by atoms with Crippen molar-refractivity contribution in [2.24, 2.45) is 5.73 Å². The van der Waals surface area contributed by atoms with Gasteiger partial charge in [-0.2, -0.15) is 0 Å². The lowest BCUT2D eigenvalue weighted by molar-refractivity contribution is 0.559. The molecule has 0 amide bonds. The second-order valence-corrected chi connectivity index (χ2v) is 4.63. The molecule has 0 spiro atoms. The minimum Gasteiger partial charge on any atom is -0.323 e. The lowest BCUT2D eigenvalue weighted by atomic mass is 10.1. The Hall–Kier alpha value is -0.410. The van der Waals surface area contributed by atoms with Crippen molar-refractivity contribution in [3.8, 4) is 0 Å². The third kappa shape index (κ3) is 4.20. The smallest absolute Gasteiger partial charge is 0.0794 e. The van der Waals surface area contributed by atoms with E-state index in [9.17, 15) is 0 Å². The van der Waals surface area contributed by atoms with Crippen LogP contribution in [0.5, 0.6) is 0 Å². The van der Waals surface area contributed by atoms with Gasteiger partial charge >= 0.3 is 0 Å². The van der Waals surface area contributed by atoms with Gasteiger partial charge in [0.15, 0.2) is 0 Å². The van der Waals surface area contributed by atoms with E-state index >= 15 is 0 Å². The predicted octanol–water partition coefficient (Wildman–Crippen LogP) is 3.50. The van der Waals surface area contributed by atoms with Crippen LogP contribution in [0.2, 0.25) is 0 Å². The molecule has 0 bridgehead atoms. The topological polar surface area (TPSA) is 38.9 Å². The molecule has 0 radical (unpaired) electrons. The molecule has 1 unspecified atom stereocenters. The molecule has 3 heteroatoms. The molecule has 2 nitrogen and oxygen atoms in total. The molecule has 0 saturated carbocycles. The molecule has 0 aliphatic rings. The van der Waals surface area contributed by atoms with Gasteiger partial charge in [-0.25, -0.2) is 0 Å². The molecule has 1 heterocycles. The summed E-state index contributed by atoms with van der Waals surface area (Å²) < 4.78 is 0. The third-order valence-electron chi connectivity index (χ3n) is 2.44. The lowest BCUT2D eigenvalue weighted by Crippen LogP contribution is -2.08. The van der Waals surface area contributed by atoms with Gasteiger partial charge < -0.3 is 5.73 Å². The zero-order valence-corrected chi connectivity index (χ0v) is 9.72. The van der Waals surface area contributed by atoms with Crippen LogP contribution in [-0.4, -0.2) is 4.98 Å². The molecule has 1 aromatic heterocycles. The number of nitrogens with zero attached hydrogens (tertiary/aromatic N) is 1. The van der Waals surface area contributed by atoms with E-state index in [0.29, 0.717) is 0 Å². The number of thiazole rings is 1. The lowest BCUT2D eigenvalue weighted by Gasteiger charge is -2.07. The number of nitrogens with two attached hydrogens (primary N) is 1. The monoisotopic (exact) mass is 212 g/mol. The zero-order chi connectivity index (χ0) is 10.2. The Morgan fingerprint density at radius 2 is 2.14 bits per heavy atom. The van der Waals surface area contributed by atoms with E-state index in [-0.39, 0.29) is 6.04 Å². The van der Waals surface area contributed by atoms with Crippen molar-refractivity contribution in [3.63, 3.8) is 0 Å². The Bertz CT molecular complexity index is 221. The van der Waals surface area contributed by atoms with Crippen molar-refractivity contribution in [2.45, 2.75) is 51.5 Å². The first-order valence-electron chi connectivity index (χ1n) is 5.48. The van der Waals surface area contributed by atoms with Crippen molar-refractivity contribution >= 4 is 11.3 Å². The number of aromatic nitrogens is 1. The highest BCUT2D eigenvalue weighted by molar-refractivity contribution is 7.09. The summed E-state index contributed by atoms with van der Waals surface area (Å²) in [6.07, 6.45) is 9.58. The van der Waals surface area contributed by atoms with E-state index in [0.717, 1.165) is 6.42 Å². The summed E-state index contributed by atoms with van der Waals surface area (Å²) >= 11 is 1.66. The zero-order valence-electron chi connectivity index (χ0n) is 8.91. The predicted molar refractivity (Wildman–Crippen MR) is 62.4 cm³/mol. The van der Waals surface area contributed by atoms with Gasteiger partial charge in [0.2, 0.25) is 0 Å². The highest BCUT2D eigenvalue weighted by atomic mass is 32.1. The van der Waals surface area contributed by atoms with Gasteiger partial charge in [0.05, 0.1) is 5.51 Å². The van der Waals surface area contributed by atoms with Crippen molar-refractivity contribution in [2.75, 3.05) is 0 Å². The second-order valence-electron chi connectivity index (χ2n) is 3.71. The van der Waals surface area contributed by atoms with Crippen LogP contribution in [0.4, 0.5) is 0 Å². The van der Waals surface area contributed by atoms with Crippen LogP contribution in [0.15, 0.2) is 11.7 Å². The first-order valence-corrected chi connectivity index (χ1v) is 6.36. The van der Waals surface area contributed by atoms with Crippen molar-refractivity contribution < 1.29 is 0 Å². The van der Waals surface area contributed by atoms with Gasteiger partial charge in [0.1, 0.15) is 0 Å². The van der Waals surface area contributed by atoms with Crippen LogP contribution >= 0.6 is 11.3 Å². The fourth-order valence-electron chi connectivity index (χ4n) is 1.52. The number of unbranched alkanes of at least 4 members (excludes halogenated alkanes) is 4. The van der Waals surface area contributed by atoms with Gasteiger partial charge in [0, 0.05) is 17.1 Å². The van der Waals surface area contributed by atoms with E-state index in [1.54, 1.807) is 11.3 Å². The van der Waals surface area contributed by atoms with Crippen LogP contribution in [0.1, 0.15) is 56.4 Å². The summed E-state index contributed by atoms with van der Waals surface area (Å²) in [7, 11) is 0. The fraction of sp³-hybridized carbons (Fsp3) is 0.727. The highest BCUT2D eigenvalue weighted by Crippen LogP contribution is 2.20. The molecular weight excluding hydrogens is 192 g/mol. The summed E-state index contributed by atoms with van der Waals surface area (Å²) in [6.45, 7) is 2.24. The minimum absolute atomic E-state index is 0.212. The average molecular weight is 212 g/mol. The molecule has 1 rings (SSSR count). The molecule has 0 aliphatic carbocycles. The Labute approximate surface area is 90.6 Å². The van der Waals surface area contributed by atoms with Gasteiger partial charge in [-0.15, -0.1) is 11.3 Å². The molecule has 14 heavy (non-hydrogen) atoms. The molecule has 0 aliphatic heterocycles. The molecular formula is C11H20N2S. The Balaban J connectivity index is 2.07. The maximum atomic E-state index is 6.02. The standard InChI is InChI=1S/C11H20N2S/c1-2-3-4-5-6-7-10(12)11-8-13-9-14-11/h8-10H,2-7,12H2,1H3. The van der Waals surface area contributed by atoms with Gasteiger partial charge in [-0.05, 0) is 6.42 Å². The number of rotatable bonds is 7. The number of hydrogen-bond donors (Lipinski definition) is 1. The van der Waals surface area contributed by atoms with Gasteiger partial charge in [-0.3, -0.25) is 4.98 Å². The highest BCUT2D eigenvalue weighted by Gasteiger charge is 2.06. The van der Waals surface area contributed by atoms with E-state index in [1.807, 2.05) is 11.7 Å². The summed E-state index contributed by atoms with van der Waals surface area (Å²) in [5, 5.41) is 0. The molecule has 1 atom stereocenters. The Morgan fingerprint density at radius 1 is 1.36 bits per heavy atom. The van der Waals surface area contributed by atoms with Crippen LogP contribution in [-0.2, 0) is 0 Å². The average Bonchev–Trinajstić information content (AvgIpc) is 2.70. The van der Waals surface area contributed by atoms with Crippen LogP contribution in [0.25, 0.3) is 0 Å². The SMILES string of the molecule is CCCCCCCC(N)c1cncs1. The second kappa shape index (κ2) is 6.96. The summed E-state index contributed by atoms with van der Waals surface area (Å²) in [6, 6.07) is 0.212. The van der Waals surface area contributed by atoms with Crippen LogP contribution < -0.4 is 5.73 Å². The summed E-state index contributed by atoms with van der Waals surface area (Å²) in [4.78, 5) is 5.26. The normalized spacial score (nSPS) is 13.0. The summed E-state index contributed by atoms with van der Waals surface area (Å²) in [5.41, 5.74) is 7.88. The molecule has 80 valence electrons. The van der Waals surface area contributed by atoms with E-state index in [2.05, 4.69) is 11.9 Å². The third-order valence-corrected chi connectivity index (χ3v) is 3.34. The van der Waals surface area contributed by atoms with Crippen LogP contribution in [0, 0.1) is 0 Å². The van der Waals surface area contributed by atoms with Gasteiger partial charge in [-0.1, -0.05) is 39.0 Å². The molecule has 1 aromatic rings. The van der Waals surface area contributed by atoms with E-state index < -0.39 is 0 Å². The molecule has 2 N–H and O–H groups in total. The number of hydrogen-bond acceptors (Lipinski definition) is 3. The molecule has 0 aromatic carbocycles. The first kappa shape index (κ1) is 11.7. The van der Waals surface area contributed by atoms with E-state index in [4.69, 9.17) is 5.73 Å². The van der Waals surface area contributed by atoms with Crippen LogP contribution in [0.3, 0.4) is 0 Å². The van der Waals surface area contributed by atoms with Crippen molar-refractivity contribution in [3.05, 3.63) is 16.6 Å². The quantitative estimate of drug-likeness (QED) is 0.702. The Morgan fingerprint density at radius 3 is 2.79 bits per heavy atom. The summed E-state index contributed by atoms with van der Waals surface area (Å²) in [5.74, 6) is 0. The van der Waals surface area contributed by atoms with Crippen molar-refractivity contribution in [1.29, 1.82) is 0 Å². The van der Waals surface area contributed by atoms with Crippen molar-refractivity contribution in [1.82, 2.24) is 4.98 Å². The molecule has 0 saturated heterocycles. The first-order chi connectivity index (χ1) is 6.84. The maximum absolute atomic E-state index is 6.02. The van der Waals surface area contributed by atoms with Gasteiger partial charge in [0.25, 0.3) is 0 Å². The van der Waals surface area contributed by atoms with E-state index in [1.165, 1.54) is 37.0 Å². The molecule has 0 fully saturated rings. The minimum atomic E-state index is 0.212. The Kier molecular flexibility index (Phi) is 5.80. The largest absolute Gasteiger partial charge is 0.323 e.